The molecule has 0 bridgehead atoms. The molecule has 2 atom stereocenters. The number of benzene rings is 1. The van der Waals surface area contributed by atoms with Crippen LogP contribution in [0.3, 0.4) is 0 Å². The van der Waals surface area contributed by atoms with E-state index < -0.39 is 5.97 Å². The van der Waals surface area contributed by atoms with Gasteiger partial charge in [0, 0.05) is 0 Å². The maximum absolute atomic E-state index is 10.8. The molecule has 0 amide bonds. The maximum atomic E-state index is 10.8. The van der Waals surface area contributed by atoms with Crippen molar-refractivity contribution in [3.8, 4) is 5.75 Å². The second-order valence-electron chi connectivity index (χ2n) is 5.13. The van der Waals surface area contributed by atoms with Crippen molar-refractivity contribution in [1.82, 2.24) is 0 Å². The molecule has 1 fully saturated rings. The fourth-order valence-corrected chi connectivity index (χ4v) is 2.85. The number of hydrogen-bond donors (Lipinski definition) is 1. The van der Waals surface area contributed by atoms with Gasteiger partial charge in [-0.25, -0.2) is 4.79 Å². The van der Waals surface area contributed by atoms with Crippen LogP contribution in [0.5, 0.6) is 5.75 Å². The third kappa shape index (κ3) is 3.63. The smallest absolute Gasteiger partial charge is 0.335 e. The van der Waals surface area contributed by atoms with Gasteiger partial charge >= 0.3 is 5.97 Å². The molecule has 1 N–H and O–H groups in total. The molecular formula is C15H19ClO3. The lowest BCUT2D eigenvalue weighted by molar-refractivity contribution is 0.0697. The Morgan fingerprint density at radius 3 is 2.89 bits per heavy atom. The molecule has 3 nitrogen and oxygen atoms in total. The molecule has 0 heterocycles. The van der Waals surface area contributed by atoms with E-state index in [-0.39, 0.29) is 11.7 Å². The van der Waals surface area contributed by atoms with E-state index >= 15 is 0 Å². The second-order valence-corrected chi connectivity index (χ2v) is 5.54. The van der Waals surface area contributed by atoms with E-state index in [0.29, 0.717) is 10.8 Å². The summed E-state index contributed by atoms with van der Waals surface area (Å²) in [5, 5.41) is 9.26. The average Bonchev–Trinajstić information content (AvgIpc) is 2.41. The lowest BCUT2D eigenvalue weighted by Gasteiger charge is -2.29. The van der Waals surface area contributed by atoms with Gasteiger partial charge in [0.05, 0.1) is 16.7 Å². The molecule has 4 heteroatoms. The van der Waals surface area contributed by atoms with Crippen LogP contribution >= 0.6 is 11.6 Å². The molecule has 0 radical (unpaired) electrons. The van der Waals surface area contributed by atoms with Crippen molar-refractivity contribution in [2.24, 2.45) is 5.92 Å². The first-order valence-corrected chi connectivity index (χ1v) is 7.17. The van der Waals surface area contributed by atoms with Crippen LogP contribution < -0.4 is 4.74 Å². The van der Waals surface area contributed by atoms with Gasteiger partial charge in [0.2, 0.25) is 0 Å². The second kappa shape index (κ2) is 6.29. The van der Waals surface area contributed by atoms with Gasteiger partial charge in [-0.2, -0.15) is 0 Å². The third-order valence-corrected chi connectivity index (χ3v) is 4.08. The number of hydrogen-bond acceptors (Lipinski definition) is 2. The first-order valence-electron chi connectivity index (χ1n) is 6.79. The van der Waals surface area contributed by atoms with Crippen molar-refractivity contribution < 1.29 is 14.6 Å². The Morgan fingerprint density at radius 2 is 2.26 bits per heavy atom. The van der Waals surface area contributed by atoms with Crippen LogP contribution in [-0.2, 0) is 0 Å². The number of carbonyl (C=O) groups is 1. The summed E-state index contributed by atoms with van der Waals surface area (Å²) in [4.78, 5) is 10.8. The number of carboxylic acids is 1. The van der Waals surface area contributed by atoms with Crippen LogP contribution in [-0.4, -0.2) is 17.2 Å². The Kier molecular flexibility index (Phi) is 4.70. The Balaban J connectivity index is 2.04. The quantitative estimate of drug-likeness (QED) is 0.891. The van der Waals surface area contributed by atoms with Crippen molar-refractivity contribution in [2.75, 3.05) is 0 Å². The van der Waals surface area contributed by atoms with Gasteiger partial charge in [0.15, 0.2) is 0 Å². The van der Waals surface area contributed by atoms with Crippen LogP contribution in [0.2, 0.25) is 5.02 Å². The van der Waals surface area contributed by atoms with Crippen molar-refractivity contribution >= 4 is 17.6 Å². The Bertz CT molecular complexity index is 459. The summed E-state index contributed by atoms with van der Waals surface area (Å²) in [6.45, 7) is 2.21. The van der Waals surface area contributed by atoms with Crippen molar-refractivity contribution in [3.05, 3.63) is 28.8 Å². The van der Waals surface area contributed by atoms with E-state index in [2.05, 4.69) is 6.92 Å². The molecule has 0 aromatic heterocycles. The molecule has 19 heavy (non-hydrogen) atoms. The molecule has 0 saturated heterocycles. The van der Waals surface area contributed by atoms with E-state index in [4.69, 9.17) is 21.4 Å². The van der Waals surface area contributed by atoms with Crippen molar-refractivity contribution in [1.29, 1.82) is 0 Å². The zero-order valence-electron chi connectivity index (χ0n) is 11.1. The number of ether oxygens (including phenoxy) is 1. The van der Waals surface area contributed by atoms with Gasteiger partial charge in [-0.05, 0) is 43.4 Å². The number of halogens is 1. The van der Waals surface area contributed by atoms with Gasteiger partial charge in [-0.15, -0.1) is 0 Å². The Labute approximate surface area is 118 Å². The van der Waals surface area contributed by atoms with E-state index in [1.807, 2.05) is 0 Å². The first-order chi connectivity index (χ1) is 9.10. The highest BCUT2D eigenvalue weighted by Gasteiger charge is 2.22. The number of carboxylic acid groups (broad SMARTS) is 1. The molecule has 2 unspecified atom stereocenters. The normalized spacial score (nSPS) is 23.1. The molecule has 1 aromatic carbocycles. The highest BCUT2D eigenvalue weighted by atomic mass is 35.5. The Hall–Kier alpha value is -1.22. The van der Waals surface area contributed by atoms with Gasteiger partial charge in [-0.3, -0.25) is 0 Å². The lowest BCUT2D eigenvalue weighted by Crippen LogP contribution is -2.25. The van der Waals surface area contributed by atoms with Gasteiger partial charge in [-0.1, -0.05) is 31.4 Å². The SMILES string of the molecule is CCC1CCCC(Oc2ccc(C(=O)O)cc2Cl)C1. The minimum Gasteiger partial charge on any atom is -0.489 e. The Morgan fingerprint density at radius 1 is 1.47 bits per heavy atom. The summed E-state index contributed by atoms with van der Waals surface area (Å²) in [5.74, 6) is 0.349. The zero-order chi connectivity index (χ0) is 13.8. The monoisotopic (exact) mass is 282 g/mol. The minimum atomic E-state index is -0.975. The maximum Gasteiger partial charge on any atom is 0.335 e. The highest BCUT2D eigenvalue weighted by Crippen LogP contribution is 2.32. The molecule has 1 saturated carbocycles. The van der Waals surface area contributed by atoms with Crippen molar-refractivity contribution in [3.63, 3.8) is 0 Å². The van der Waals surface area contributed by atoms with Crippen molar-refractivity contribution in [2.45, 2.75) is 45.1 Å². The molecule has 0 spiro atoms. The summed E-state index contributed by atoms with van der Waals surface area (Å²) in [6.07, 6.45) is 5.97. The molecule has 104 valence electrons. The lowest BCUT2D eigenvalue weighted by atomic mass is 9.85. The summed E-state index contributed by atoms with van der Waals surface area (Å²) in [7, 11) is 0. The number of aromatic carboxylic acids is 1. The van der Waals surface area contributed by atoms with Gasteiger partial charge in [0.25, 0.3) is 0 Å². The predicted molar refractivity (Wildman–Crippen MR) is 75.1 cm³/mol. The molecule has 0 aliphatic heterocycles. The standard InChI is InChI=1S/C15H19ClO3/c1-2-10-4-3-5-12(8-10)19-14-7-6-11(15(17)18)9-13(14)16/h6-7,9-10,12H,2-5,8H2,1H3,(H,17,18). The van der Waals surface area contributed by atoms with Crippen LogP contribution in [0, 0.1) is 5.92 Å². The topological polar surface area (TPSA) is 46.5 Å². The summed E-state index contributed by atoms with van der Waals surface area (Å²) < 4.78 is 5.93. The summed E-state index contributed by atoms with van der Waals surface area (Å²) in [5.41, 5.74) is 0.187. The molecule has 1 aliphatic carbocycles. The summed E-state index contributed by atoms with van der Waals surface area (Å²) >= 11 is 6.07. The molecule has 1 aromatic rings. The van der Waals surface area contributed by atoms with Crippen LogP contribution in [0.15, 0.2) is 18.2 Å². The highest BCUT2D eigenvalue weighted by molar-refractivity contribution is 6.32. The first kappa shape index (κ1) is 14.2. The third-order valence-electron chi connectivity index (χ3n) is 3.78. The number of rotatable bonds is 4. The molecule has 1 aliphatic rings. The minimum absolute atomic E-state index is 0.187. The fourth-order valence-electron chi connectivity index (χ4n) is 2.63. The summed E-state index contributed by atoms with van der Waals surface area (Å²) in [6, 6.07) is 4.63. The largest absolute Gasteiger partial charge is 0.489 e. The van der Waals surface area contributed by atoms with E-state index in [1.54, 1.807) is 6.07 Å². The zero-order valence-corrected chi connectivity index (χ0v) is 11.8. The predicted octanol–water partition coefficient (Wildman–Crippen LogP) is 4.39. The van der Waals surface area contributed by atoms with Crippen LogP contribution in [0.4, 0.5) is 0 Å². The van der Waals surface area contributed by atoms with E-state index in [0.717, 1.165) is 18.8 Å². The van der Waals surface area contributed by atoms with E-state index in [9.17, 15) is 4.79 Å². The molecular weight excluding hydrogens is 264 g/mol. The fraction of sp³-hybridized carbons (Fsp3) is 0.533. The molecule has 2 rings (SSSR count). The van der Waals surface area contributed by atoms with Gasteiger partial charge < -0.3 is 9.84 Å². The van der Waals surface area contributed by atoms with Gasteiger partial charge in [0.1, 0.15) is 5.75 Å². The van der Waals surface area contributed by atoms with Crippen LogP contribution in [0.25, 0.3) is 0 Å². The average molecular weight is 283 g/mol. The van der Waals surface area contributed by atoms with Crippen LogP contribution in [0.1, 0.15) is 49.4 Å². The van der Waals surface area contributed by atoms with E-state index in [1.165, 1.54) is 31.4 Å².